The average Bonchev–Trinajstić information content (AvgIpc) is 3.05. The summed E-state index contributed by atoms with van der Waals surface area (Å²) in [6.45, 7) is 0.664. The number of fused-ring (bicyclic) bond motifs is 3. The second-order valence-corrected chi connectivity index (χ2v) is 8.47. The maximum Gasteiger partial charge on any atom is 0.211 e. The number of carbonyl (C=O) groups excluding carboxylic acids is 1. The first-order valence-corrected chi connectivity index (χ1v) is 9.90. The summed E-state index contributed by atoms with van der Waals surface area (Å²) in [6.07, 6.45) is 5.59. The molecule has 1 fully saturated rings. The van der Waals surface area contributed by atoms with Crippen LogP contribution in [0, 0.1) is 5.92 Å². The molecule has 1 aromatic heterocycles. The molecular weight excluding hydrogens is 326 g/mol. The second kappa shape index (κ2) is 5.53. The van der Waals surface area contributed by atoms with E-state index in [1.54, 1.807) is 6.33 Å². The number of sulfonamides is 1. The van der Waals surface area contributed by atoms with E-state index in [1.807, 2.05) is 24.4 Å². The standard InChI is InChI=1S/C17H19N3O3S/c1-24(22,23)19-8-6-14(16(21)7-9-19)17-13-5-3-2-4-12(13)15-10-18-11-20(15)17/h2-5,10-11,14,17H,6-9H2,1H3. The van der Waals surface area contributed by atoms with Crippen molar-refractivity contribution in [2.24, 2.45) is 5.92 Å². The van der Waals surface area contributed by atoms with Crippen molar-refractivity contribution < 1.29 is 13.2 Å². The van der Waals surface area contributed by atoms with E-state index in [9.17, 15) is 13.2 Å². The van der Waals surface area contributed by atoms with Gasteiger partial charge in [-0.15, -0.1) is 0 Å². The molecule has 6 nitrogen and oxygen atoms in total. The lowest BCUT2D eigenvalue weighted by Crippen LogP contribution is -2.31. The van der Waals surface area contributed by atoms with Crippen LogP contribution < -0.4 is 0 Å². The highest BCUT2D eigenvalue weighted by molar-refractivity contribution is 7.88. The summed E-state index contributed by atoms with van der Waals surface area (Å²) in [5.74, 6) is -0.101. The van der Waals surface area contributed by atoms with Gasteiger partial charge in [-0.2, -0.15) is 0 Å². The molecule has 2 atom stereocenters. The van der Waals surface area contributed by atoms with Gasteiger partial charge in [0.05, 0.1) is 30.5 Å². The minimum Gasteiger partial charge on any atom is -0.322 e. The van der Waals surface area contributed by atoms with Crippen LogP contribution in [-0.4, -0.2) is 47.4 Å². The van der Waals surface area contributed by atoms with Gasteiger partial charge in [0.15, 0.2) is 0 Å². The van der Waals surface area contributed by atoms with E-state index in [1.165, 1.54) is 10.6 Å². The van der Waals surface area contributed by atoms with Crippen molar-refractivity contribution in [2.45, 2.75) is 18.9 Å². The Labute approximate surface area is 141 Å². The predicted molar refractivity (Wildman–Crippen MR) is 89.9 cm³/mol. The third kappa shape index (κ3) is 2.39. The molecule has 2 aliphatic rings. The fourth-order valence-electron chi connectivity index (χ4n) is 3.93. The van der Waals surface area contributed by atoms with Crippen molar-refractivity contribution in [1.82, 2.24) is 13.9 Å². The third-order valence-electron chi connectivity index (χ3n) is 5.08. The van der Waals surface area contributed by atoms with Crippen LogP contribution in [0.2, 0.25) is 0 Å². The Bertz CT molecular complexity index is 903. The lowest BCUT2D eigenvalue weighted by molar-refractivity contribution is -0.123. The molecule has 7 heteroatoms. The van der Waals surface area contributed by atoms with E-state index in [0.29, 0.717) is 13.0 Å². The first kappa shape index (κ1) is 15.5. The molecule has 2 aromatic rings. The van der Waals surface area contributed by atoms with E-state index >= 15 is 0 Å². The zero-order valence-corrected chi connectivity index (χ0v) is 14.2. The summed E-state index contributed by atoms with van der Waals surface area (Å²) in [5, 5.41) is 0. The first-order chi connectivity index (χ1) is 11.5. The first-order valence-electron chi connectivity index (χ1n) is 8.06. The summed E-state index contributed by atoms with van der Waals surface area (Å²) < 4.78 is 27.1. The van der Waals surface area contributed by atoms with Crippen LogP contribution in [0.25, 0.3) is 11.3 Å². The van der Waals surface area contributed by atoms with Gasteiger partial charge in [-0.25, -0.2) is 17.7 Å². The number of ketones is 1. The van der Waals surface area contributed by atoms with Crippen molar-refractivity contribution in [2.75, 3.05) is 19.3 Å². The summed E-state index contributed by atoms with van der Waals surface area (Å²) in [6, 6.07) is 7.98. The van der Waals surface area contributed by atoms with Gasteiger partial charge in [-0.1, -0.05) is 24.3 Å². The number of hydrogen-bond acceptors (Lipinski definition) is 4. The minimum absolute atomic E-state index is 0.0919. The van der Waals surface area contributed by atoms with Crippen LogP contribution in [0.1, 0.15) is 24.4 Å². The third-order valence-corrected chi connectivity index (χ3v) is 6.39. The number of nitrogens with zero attached hydrogens (tertiary/aromatic N) is 3. The minimum atomic E-state index is -3.27. The molecule has 24 heavy (non-hydrogen) atoms. The zero-order chi connectivity index (χ0) is 16.9. The molecule has 2 unspecified atom stereocenters. The molecule has 126 valence electrons. The predicted octanol–water partition coefficient (Wildman–Crippen LogP) is 1.69. The Morgan fingerprint density at radius 1 is 1.21 bits per heavy atom. The van der Waals surface area contributed by atoms with E-state index in [2.05, 4.69) is 15.6 Å². The number of hydrogen-bond donors (Lipinski definition) is 0. The van der Waals surface area contributed by atoms with Crippen molar-refractivity contribution in [3.8, 4) is 11.3 Å². The topological polar surface area (TPSA) is 72.3 Å². The van der Waals surface area contributed by atoms with Gasteiger partial charge in [-0.05, 0) is 12.0 Å². The highest BCUT2D eigenvalue weighted by Crippen LogP contribution is 2.44. The lowest BCUT2D eigenvalue weighted by Gasteiger charge is -2.24. The van der Waals surface area contributed by atoms with Crippen molar-refractivity contribution >= 4 is 15.8 Å². The fourth-order valence-corrected chi connectivity index (χ4v) is 4.79. The van der Waals surface area contributed by atoms with Gasteiger partial charge in [0.1, 0.15) is 5.78 Å². The number of carbonyl (C=O) groups is 1. The van der Waals surface area contributed by atoms with Crippen LogP contribution in [-0.2, 0) is 14.8 Å². The van der Waals surface area contributed by atoms with Gasteiger partial charge < -0.3 is 4.57 Å². The summed E-state index contributed by atoms with van der Waals surface area (Å²) in [5.41, 5.74) is 3.26. The molecule has 2 aliphatic heterocycles. The van der Waals surface area contributed by atoms with E-state index in [-0.39, 0.29) is 30.7 Å². The van der Waals surface area contributed by atoms with E-state index in [4.69, 9.17) is 0 Å². The van der Waals surface area contributed by atoms with Gasteiger partial charge >= 0.3 is 0 Å². The van der Waals surface area contributed by atoms with Crippen LogP contribution in [0.4, 0.5) is 0 Å². The molecule has 0 saturated carbocycles. The van der Waals surface area contributed by atoms with Gasteiger partial charge in [0.25, 0.3) is 0 Å². The molecule has 1 aromatic carbocycles. The number of rotatable bonds is 2. The highest BCUT2D eigenvalue weighted by atomic mass is 32.2. The van der Waals surface area contributed by atoms with E-state index in [0.717, 1.165) is 16.8 Å². The zero-order valence-electron chi connectivity index (χ0n) is 13.4. The van der Waals surface area contributed by atoms with Crippen molar-refractivity contribution in [3.63, 3.8) is 0 Å². The van der Waals surface area contributed by atoms with Crippen LogP contribution in [0.5, 0.6) is 0 Å². The Kier molecular flexibility index (Phi) is 3.58. The molecule has 0 radical (unpaired) electrons. The molecule has 0 aliphatic carbocycles. The Hall–Kier alpha value is -1.99. The molecule has 3 heterocycles. The summed E-state index contributed by atoms with van der Waals surface area (Å²) in [7, 11) is -3.27. The number of imidazole rings is 1. The van der Waals surface area contributed by atoms with Crippen molar-refractivity contribution in [3.05, 3.63) is 42.4 Å². The maximum absolute atomic E-state index is 12.8. The summed E-state index contributed by atoms with van der Waals surface area (Å²) >= 11 is 0. The molecule has 0 bridgehead atoms. The quantitative estimate of drug-likeness (QED) is 0.830. The number of aromatic nitrogens is 2. The monoisotopic (exact) mass is 345 g/mol. The Balaban J connectivity index is 1.72. The molecule has 1 saturated heterocycles. The van der Waals surface area contributed by atoms with Crippen LogP contribution in [0.3, 0.4) is 0 Å². The average molecular weight is 345 g/mol. The lowest BCUT2D eigenvalue weighted by atomic mass is 9.86. The van der Waals surface area contributed by atoms with Crippen LogP contribution in [0.15, 0.2) is 36.8 Å². The highest BCUT2D eigenvalue weighted by Gasteiger charge is 2.39. The van der Waals surface area contributed by atoms with Crippen LogP contribution >= 0.6 is 0 Å². The number of benzene rings is 1. The molecule has 4 rings (SSSR count). The summed E-state index contributed by atoms with van der Waals surface area (Å²) in [4.78, 5) is 17.0. The van der Waals surface area contributed by atoms with Crippen molar-refractivity contribution in [1.29, 1.82) is 0 Å². The van der Waals surface area contributed by atoms with E-state index < -0.39 is 10.0 Å². The fraction of sp³-hybridized carbons (Fsp3) is 0.412. The van der Waals surface area contributed by atoms with Gasteiger partial charge in [0.2, 0.25) is 10.0 Å². The van der Waals surface area contributed by atoms with Gasteiger partial charge in [0, 0.05) is 31.0 Å². The SMILES string of the molecule is CS(=O)(=O)N1CCC(=O)C(C2c3ccccc3-c3cncn32)CC1. The largest absolute Gasteiger partial charge is 0.322 e. The normalized spacial score (nSPS) is 24.5. The molecule has 0 N–H and O–H groups in total. The van der Waals surface area contributed by atoms with Gasteiger partial charge in [-0.3, -0.25) is 4.79 Å². The number of Topliss-reactive ketones (excluding diaryl/α,β-unsaturated/α-hetero) is 1. The Morgan fingerprint density at radius 2 is 2.00 bits per heavy atom. The maximum atomic E-state index is 12.8. The smallest absolute Gasteiger partial charge is 0.211 e. The Morgan fingerprint density at radius 3 is 2.79 bits per heavy atom. The molecule has 0 amide bonds. The molecular formula is C17H19N3O3S. The molecule has 0 spiro atoms. The second-order valence-electron chi connectivity index (χ2n) is 6.49.